The summed E-state index contributed by atoms with van der Waals surface area (Å²) in [4.78, 5) is 35.9. The Hall–Kier alpha value is -2.66. The SMILES string of the molecule is COC(=O)CNC(=O)C(NS(=O)(=O)c1ccc(CNC(=O)c2ccc(Cl)cc2Cl)cc1)C(C)C. The lowest BCUT2D eigenvalue weighted by molar-refractivity contribution is -0.141. The van der Waals surface area contributed by atoms with E-state index in [-0.39, 0.29) is 34.5 Å². The summed E-state index contributed by atoms with van der Waals surface area (Å²) in [5.74, 6) is -2.09. The largest absolute Gasteiger partial charge is 0.468 e. The number of nitrogens with one attached hydrogen (secondary N) is 3. The molecule has 2 aromatic rings. The maximum atomic E-state index is 12.8. The molecule has 0 spiro atoms. The van der Waals surface area contributed by atoms with Crippen molar-refractivity contribution in [3.05, 3.63) is 63.6 Å². The number of benzene rings is 2. The summed E-state index contributed by atoms with van der Waals surface area (Å²) in [6.45, 7) is 3.10. The fraction of sp³-hybridized carbons (Fsp3) is 0.318. The van der Waals surface area contributed by atoms with Crippen LogP contribution in [0.5, 0.6) is 0 Å². The van der Waals surface area contributed by atoms with E-state index in [1.54, 1.807) is 32.0 Å². The van der Waals surface area contributed by atoms with Crippen LogP contribution in [0.15, 0.2) is 47.4 Å². The van der Waals surface area contributed by atoms with Crippen LogP contribution in [0, 0.1) is 5.92 Å². The lowest BCUT2D eigenvalue weighted by Crippen LogP contribution is -2.50. The van der Waals surface area contributed by atoms with E-state index in [9.17, 15) is 22.8 Å². The van der Waals surface area contributed by atoms with Crippen LogP contribution in [0.3, 0.4) is 0 Å². The average molecular weight is 530 g/mol. The highest BCUT2D eigenvalue weighted by molar-refractivity contribution is 7.89. The van der Waals surface area contributed by atoms with Gasteiger partial charge in [-0.2, -0.15) is 4.72 Å². The zero-order chi connectivity index (χ0) is 25.5. The number of hydrogen-bond donors (Lipinski definition) is 3. The molecule has 0 aromatic heterocycles. The van der Waals surface area contributed by atoms with Crippen molar-refractivity contribution in [1.82, 2.24) is 15.4 Å². The first-order chi connectivity index (χ1) is 15.9. The molecular formula is C22H25Cl2N3O6S. The highest BCUT2D eigenvalue weighted by atomic mass is 35.5. The van der Waals surface area contributed by atoms with E-state index in [1.807, 2.05) is 0 Å². The molecule has 0 heterocycles. The molecule has 0 aliphatic carbocycles. The molecule has 2 amide bonds. The van der Waals surface area contributed by atoms with Crippen LogP contribution in [-0.2, 0) is 30.9 Å². The van der Waals surface area contributed by atoms with Crippen molar-refractivity contribution < 1.29 is 27.5 Å². The normalized spacial score (nSPS) is 12.2. The summed E-state index contributed by atoms with van der Waals surface area (Å²) >= 11 is 11.9. The molecule has 1 atom stereocenters. The Labute approximate surface area is 208 Å². The Morgan fingerprint density at radius 3 is 2.21 bits per heavy atom. The second-order valence-corrected chi connectivity index (χ2v) is 10.1. The molecule has 0 aliphatic rings. The minimum atomic E-state index is -4.04. The zero-order valence-electron chi connectivity index (χ0n) is 18.7. The van der Waals surface area contributed by atoms with Crippen molar-refractivity contribution in [2.45, 2.75) is 31.3 Å². The smallest absolute Gasteiger partial charge is 0.325 e. The molecule has 0 saturated carbocycles. The Balaban J connectivity index is 2.04. The number of carbonyl (C=O) groups is 3. The van der Waals surface area contributed by atoms with E-state index in [1.165, 1.54) is 31.4 Å². The highest BCUT2D eigenvalue weighted by Gasteiger charge is 2.28. The van der Waals surface area contributed by atoms with Crippen molar-refractivity contribution >= 4 is 51.0 Å². The predicted molar refractivity (Wildman–Crippen MR) is 128 cm³/mol. The van der Waals surface area contributed by atoms with Gasteiger partial charge in [-0.25, -0.2) is 8.42 Å². The number of carbonyl (C=O) groups excluding carboxylic acids is 3. The van der Waals surface area contributed by atoms with Crippen molar-refractivity contribution in [2.24, 2.45) is 5.92 Å². The summed E-state index contributed by atoms with van der Waals surface area (Å²) in [5, 5.41) is 5.68. The van der Waals surface area contributed by atoms with Gasteiger partial charge in [-0.3, -0.25) is 14.4 Å². The molecule has 9 nitrogen and oxygen atoms in total. The fourth-order valence-electron chi connectivity index (χ4n) is 2.81. The van der Waals surface area contributed by atoms with Crippen LogP contribution >= 0.6 is 23.2 Å². The van der Waals surface area contributed by atoms with E-state index in [0.717, 1.165) is 0 Å². The molecule has 0 saturated heterocycles. The average Bonchev–Trinajstić information content (AvgIpc) is 2.79. The molecule has 0 aliphatic heterocycles. The minimum Gasteiger partial charge on any atom is -0.468 e. The molecule has 2 aromatic carbocycles. The van der Waals surface area contributed by atoms with E-state index in [4.69, 9.17) is 23.2 Å². The van der Waals surface area contributed by atoms with Gasteiger partial charge in [0.15, 0.2) is 0 Å². The first-order valence-electron chi connectivity index (χ1n) is 10.1. The number of hydrogen-bond acceptors (Lipinski definition) is 6. The summed E-state index contributed by atoms with van der Waals surface area (Å²) in [6, 6.07) is 9.23. The number of esters is 1. The van der Waals surface area contributed by atoms with Crippen LogP contribution in [0.1, 0.15) is 29.8 Å². The van der Waals surface area contributed by atoms with Crippen LogP contribution in [0.2, 0.25) is 10.0 Å². The van der Waals surface area contributed by atoms with Gasteiger partial charge in [0.1, 0.15) is 12.6 Å². The molecule has 184 valence electrons. The quantitative estimate of drug-likeness (QED) is 0.405. The monoisotopic (exact) mass is 529 g/mol. The Morgan fingerprint density at radius 2 is 1.65 bits per heavy atom. The van der Waals surface area contributed by atoms with Gasteiger partial charge in [-0.15, -0.1) is 0 Å². The second-order valence-electron chi connectivity index (χ2n) is 7.59. The topological polar surface area (TPSA) is 131 Å². The van der Waals surface area contributed by atoms with Crippen molar-refractivity contribution in [3.63, 3.8) is 0 Å². The van der Waals surface area contributed by atoms with Gasteiger partial charge in [0, 0.05) is 11.6 Å². The van der Waals surface area contributed by atoms with Gasteiger partial charge < -0.3 is 15.4 Å². The first kappa shape index (κ1) is 27.6. The van der Waals surface area contributed by atoms with Gasteiger partial charge in [0.2, 0.25) is 15.9 Å². The number of methoxy groups -OCH3 is 1. The van der Waals surface area contributed by atoms with Crippen LogP contribution in [-0.4, -0.2) is 45.9 Å². The van der Waals surface area contributed by atoms with Gasteiger partial charge >= 0.3 is 5.97 Å². The molecule has 1 unspecified atom stereocenters. The Kier molecular flexibility index (Phi) is 9.87. The molecule has 2 rings (SSSR count). The van der Waals surface area contributed by atoms with Crippen molar-refractivity contribution in [1.29, 1.82) is 0 Å². The summed E-state index contributed by atoms with van der Waals surface area (Å²) in [5.41, 5.74) is 0.910. The maximum Gasteiger partial charge on any atom is 0.325 e. The number of amides is 2. The molecule has 34 heavy (non-hydrogen) atoms. The van der Waals surface area contributed by atoms with E-state index < -0.39 is 33.8 Å². The third-order valence-corrected chi connectivity index (χ3v) is 6.73. The van der Waals surface area contributed by atoms with Gasteiger partial charge in [-0.05, 0) is 41.8 Å². The molecular weight excluding hydrogens is 505 g/mol. The van der Waals surface area contributed by atoms with E-state index in [0.29, 0.717) is 10.6 Å². The van der Waals surface area contributed by atoms with Gasteiger partial charge in [0.05, 0.1) is 22.6 Å². The zero-order valence-corrected chi connectivity index (χ0v) is 21.1. The minimum absolute atomic E-state index is 0.0604. The highest BCUT2D eigenvalue weighted by Crippen LogP contribution is 2.21. The van der Waals surface area contributed by atoms with Crippen molar-refractivity contribution in [2.75, 3.05) is 13.7 Å². The number of rotatable bonds is 10. The van der Waals surface area contributed by atoms with Gasteiger partial charge in [-0.1, -0.05) is 49.2 Å². The first-order valence-corrected chi connectivity index (χ1v) is 12.4. The molecule has 12 heteroatoms. The summed E-state index contributed by atoms with van der Waals surface area (Å²) < 4.78 is 32.4. The maximum absolute atomic E-state index is 12.8. The number of ether oxygens (including phenoxy) is 1. The van der Waals surface area contributed by atoms with E-state index >= 15 is 0 Å². The van der Waals surface area contributed by atoms with Crippen molar-refractivity contribution in [3.8, 4) is 0 Å². The second kappa shape index (κ2) is 12.2. The Bertz CT molecular complexity index is 1150. The Morgan fingerprint density at radius 1 is 1.00 bits per heavy atom. The van der Waals surface area contributed by atoms with Crippen LogP contribution in [0.4, 0.5) is 0 Å². The van der Waals surface area contributed by atoms with Crippen LogP contribution in [0.25, 0.3) is 0 Å². The molecule has 3 N–H and O–H groups in total. The third kappa shape index (κ3) is 7.69. The molecule has 0 fully saturated rings. The lowest BCUT2D eigenvalue weighted by Gasteiger charge is -2.21. The number of halogens is 2. The summed E-state index contributed by atoms with van der Waals surface area (Å²) in [7, 11) is -2.86. The lowest BCUT2D eigenvalue weighted by atomic mass is 10.1. The van der Waals surface area contributed by atoms with Crippen LogP contribution < -0.4 is 15.4 Å². The predicted octanol–water partition coefficient (Wildman–Crippen LogP) is 2.52. The van der Waals surface area contributed by atoms with E-state index in [2.05, 4.69) is 20.1 Å². The molecule has 0 radical (unpaired) electrons. The standard InChI is InChI=1S/C22H25Cl2N3O6S/c1-13(2)20(22(30)26-12-19(28)33-3)27-34(31,32)16-7-4-14(5-8-16)11-25-21(29)17-9-6-15(23)10-18(17)24/h4-10,13,20,27H,11-12H2,1-3H3,(H,25,29)(H,26,30). The summed E-state index contributed by atoms with van der Waals surface area (Å²) in [6.07, 6.45) is 0. The number of sulfonamides is 1. The molecule has 0 bridgehead atoms. The van der Waals surface area contributed by atoms with Gasteiger partial charge in [0.25, 0.3) is 5.91 Å². The fourth-order valence-corrected chi connectivity index (χ4v) is 4.64. The third-order valence-electron chi connectivity index (χ3n) is 4.73.